The lowest BCUT2D eigenvalue weighted by atomic mass is 9.80. The van der Waals surface area contributed by atoms with E-state index in [9.17, 15) is 4.79 Å². The van der Waals surface area contributed by atoms with E-state index in [2.05, 4.69) is 12.2 Å². The molecule has 1 saturated heterocycles. The molecule has 2 heterocycles. The van der Waals surface area contributed by atoms with Crippen molar-refractivity contribution in [2.45, 2.75) is 58.3 Å². The van der Waals surface area contributed by atoms with Crippen molar-refractivity contribution >= 4 is 17.6 Å². The fourth-order valence-corrected chi connectivity index (χ4v) is 4.83. The molecule has 29 heavy (non-hydrogen) atoms. The first-order chi connectivity index (χ1) is 13.7. The fourth-order valence-electron chi connectivity index (χ4n) is 4.60. The summed E-state index contributed by atoms with van der Waals surface area (Å²) in [5.41, 5.74) is 1.39. The van der Waals surface area contributed by atoms with Gasteiger partial charge in [0, 0.05) is 36.4 Å². The first-order valence-corrected chi connectivity index (χ1v) is 10.7. The van der Waals surface area contributed by atoms with E-state index in [4.69, 9.17) is 30.5 Å². The number of ether oxygens (including phenoxy) is 4. The Bertz CT molecular complexity index is 801. The summed E-state index contributed by atoms with van der Waals surface area (Å²) in [6.07, 6.45) is 4.19. The quantitative estimate of drug-likeness (QED) is 0.719. The molecule has 1 aliphatic carbocycles. The number of hydrogen-bond acceptors (Lipinski definition) is 6. The molecule has 6 nitrogen and oxygen atoms in total. The summed E-state index contributed by atoms with van der Waals surface area (Å²) >= 11 is 6.41. The van der Waals surface area contributed by atoms with Crippen LogP contribution in [-0.4, -0.2) is 44.7 Å². The highest BCUT2D eigenvalue weighted by Crippen LogP contribution is 2.51. The molecule has 2 aliphatic heterocycles. The molecule has 1 aromatic rings. The number of rotatable bonds is 5. The molecule has 4 rings (SSSR count). The molecule has 1 aromatic carbocycles. The van der Waals surface area contributed by atoms with Gasteiger partial charge < -0.3 is 24.3 Å². The molecular weight excluding hydrogens is 394 g/mol. The summed E-state index contributed by atoms with van der Waals surface area (Å²) in [5, 5.41) is 4.09. The van der Waals surface area contributed by atoms with Crippen molar-refractivity contribution in [3.05, 3.63) is 22.2 Å². The van der Waals surface area contributed by atoms with Crippen LogP contribution in [0, 0.1) is 18.3 Å². The summed E-state index contributed by atoms with van der Waals surface area (Å²) < 4.78 is 22.8. The molecule has 7 heteroatoms. The number of methoxy groups -OCH3 is 1. The smallest absolute Gasteiger partial charge is 0.338 e. The van der Waals surface area contributed by atoms with E-state index >= 15 is 0 Å². The average Bonchev–Trinajstić information content (AvgIpc) is 3.07. The SMILES string of the molecule is COC(=O)c1cc(Cl)c2c(c1C)OC(C)(C1CCC(NCC3(C)COC3)CC1)O2. The van der Waals surface area contributed by atoms with Gasteiger partial charge in [-0.3, -0.25) is 0 Å². The fraction of sp³-hybridized carbons (Fsp3) is 0.682. The number of benzene rings is 1. The van der Waals surface area contributed by atoms with Crippen molar-refractivity contribution in [3.8, 4) is 11.5 Å². The van der Waals surface area contributed by atoms with Crippen LogP contribution in [0.2, 0.25) is 5.02 Å². The highest BCUT2D eigenvalue weighted by Gasteiger charge is 2.47. The maximum Gasteiger partial charge on any atom is 0.338 e. The lowest BCUT2D eigenvalue weighted by Crippen LogP contribution is -2.51. The van der Waals surface area contributed by atoms with Crippen molar-refractivity contribution in [2.24, 2.45) is 11.3 Å². The zero-order chi connectivity index (χ0) is 20.8. The molecule has 3 aliphatic rings. The van der Waals surface area contributed by atoms with Gasteiger partial charge in [0.1, 0.15) is 0 Å². The third-order valence-electron chi connectivity index (χ3n) is 6.64. The molecule has 2 fully saturated rings. The third-order valence-corrected chi connectivity index (χ3v) is 6.92. The van der Waals surface area contributed by atoms with Crippen molar-refractivity contribution in [2.75, 3.05) is 26.9 Å². The van der Waals surface area contributed by atoms with E-state index in [1.807, 2.05) is 13.8 Å². The maximum atomic E-state index is 12.1. The molecule has 1 unspecified atom stereocenters. The molecule has 1 saturated carbocycles. The Hall–Kier alpha value is -1.50. The van der Waals surface area contributed by atoms with Crippen molar-refractivity contribution < 1.29 is 23.7 Å². The van der Waals surface area contributed by atoms with Crippen LogP contribution in [0.3, 0.4) is 0 Å². The first-order valence-electron chi connectivity index (χ1n) is 10.4. The monoisotopic (exact) mass is 423 g/mol. The lowest BCUT2D eigenvalue weighted by molar-refractivity contribution is -0.123. The standard InChI is InChI=1S/C22H30ClNO5/c1-13-16(20(25)26-4)9-17(23)19-18(13)28-22(3,29-19)14-5-7-15(8-6-14)24-10-21(2)11-27-12-21/h9,14-15,24H,5-8,10-12H2,1-4H3. The van der Waals surface area contributed by atoms with Gasteiger partial charge in [-0.15, -0.1) is 0 Å². The summed E-state index contributed by atoms with van der Waals surface area (Å²) in [4.78, 5) is 12.1. The van der Waals surface area contributed by atoms with E-state index in [1.54, 1.807) is 6.07 Å². The van der Waals surface area contributed by atoms with Crippen LogP contribution in [0.5, 0.6) is 11.5 Å². The molecule has 0 amide bonds. The highest BCUT2D eigenvalue weighted by atomic mass is 35.5. The van der Waals surface area contributed by atoms with Gasteiger partial charge in [-0.1, -0.05) is 18.5 Å². The summed E-state index contributed by atoms with van der Waals surface area (Å²) in [6, 6.07) is 2.12. The predicted molar refractivity (Wildman–Crippen MR) is 110 cm³/mol. The Morgan fingerprint density at radius 2 is 1.86 bits per heavy atom. The van der Waals surface area contributed by atoms with Crippen molar-refractivity contribution in [1.82, 2.24) is 5.32 Å². The molecule has 0 spiro atoms. The normalized spacial score (nSPS) is 30.0. The zero-order valence-electron chi connectivity index (χ0n) is 17.6. The van der Waals surface area contributed by atoms with Gasteiger partial charge >= 0.3 is 5.97 Å². The van der Waals surface area contributed by atoms with Crippen LogP contribution < -0.4 is 14.8 Å². The Kier molecular flexibility index (Phi) is 5.47. The van der Waals surface area contributed by atoms with Crippen LogP contribution in [0.25, 0.3) is 0 Å². The highest BCUT2D eigenvalue weighted by molar-refractivity contribution is 6.32. The summed E-state index contributed by atoms with van der Waals surface area (Å²) in [5.74, 6) is 0.134. The summed E-state index contributed by atoms with van der Waals surface area (Å²) in [7, 11) is 1.36. The minimum Gasteiger partial charge on any atom is -0.465 e. The number of hydrogen-bond donors (Lipinski definition) is 1. The third kappa shape index (κ3) is 3.82. The Balaban J connectivity index is 1.41. The van der Waals surface area contributed by atoms with Crippen LogP contribution in [0.1, 0.15) is 55.5 Å². The Morgan fingerprint density at radius 3 is 2.45 bits per heavy atom. The van der Waals surface area contributed by atoms with E-state index in [1.165, 1.54) is 7.11 Å². The molecule has 1 atom stereocenters. The number of carbonyl (C=O) groups is 1. The molecule has 0 radical (unpaired) electrons. The number of esters is 1. The molecule has 160 valence electrons. The zero-order valence-corrected chi connectivity index (χ0v) is 18.4. The van der Waals surface area contributed by atoms with Crippen LogP contribution in [0.4, 0.5) is 0 Å². The number of fused-ring (bicyclic) bond motifs is 1. The van der Waals surface area contributed by atoms with Gasteiger partial charge in [-0.25, -0.2) is 4.79 Å². The van der Waals surface area contributed by atoms with Gasteiger partial charge in [0.05, 0.1) is 30.9 Å². The minimum absolute atomic E-state index is 0.257. The van der Waals surface area contributed by atoms with Gasteiger partial charge in [0.15, 0.2) is 11.5 Å². The number of halogens is 1. The largest absolute Gasteiger partial charge is 0.465 e. The van der Waals surface area contributed by atoms with Gasteiger partial charge in [0.2, 0.25) is 0 Å². The van der Waals surface area contributed by atoms with Gasteiger partial charge in [-0.2, -0.15) is 0 Å². The Morgan fingerprint density at radius 1 is 1.21 bits per heavy atom. The lowest BCUT2D eigenvalue weighted by Gasteiger charge is -2.41. The van der Waals surface area contributed by atoms with Crippen LogP contribution in [-0.2, 0) is 9.47 Å². The van der Waals surface area contributed by atoms with Crippen LogP contribution in [0.15, 0.2) is 6.07 Å². The molecule has 0 aromatic heterocycles. The first kappa shape index (κ1) is 20.8. The summed E-state index contributed by atoms with van der Waals surface area (Å²) in [6.45, 7) is 8.78. The van der Waals surface area contributed by atoms with Crippen molar-refractivity contribution in [1.29, 1.82) is 0 Å². The predicted octanol–water partition coefficient (Wildman–Crippen LogP) is 4.11. The number of carbonyl (C=O) groups excluding carboxylic acids is 1. The Labute approximate surface area is 177 Å². The van der Waals surface area contributed by atoms with Crippen LogP contribution >= 0.6 is 11.6 Å². The number of nitrogens with one attached hydrogen (secondary N) is 1. The van der Waals surface area contributed by atoms with Gasteiger partial charge in [0.25, 0.3) is 5.79 Å². The van der Waals surface area contributed by atoms with E-state index in [0.717, 1.165) is 45.4 Å². The van der Waals surface area contributed by atoms with E-state index in [0.29, 0.717) is 33.7 Å². The second-order valence-corrected chi connectivity index (χ2v) is 9.54. The van der Waals surface area contributed by atoms with Crippen molar-refractivity contribution in [3.63, 3.8) is 0 Å². The maximum absolute atomic E-state index is 12.1. The minimum atomic E-state index is -0.774. The van der Waals surface area contributed by atoms with E-state index < -0.39 is 11.8 Å². The van der Waals surface area contributed by atoms with Gasteiger partial charge in [-0.05, 0) is 38.7 Å². The topological polar surface area (TPSA) is 66.0 Å². The average molecular weight is 424 g/mol. The second kappa shape index (κ2) is 7.64. The second-order valence-electron chi connectivity index (χ2n) is 9.13. The van der Waals surface area contributed by atoms with E-state index in [-0.39, 0.29) is 11.3 Å². The molecular formula is C22H30ClNO5. The molecule has 1 N–H and O–H groups in total. The molecule has 0 bridgehead atoms.